The lowest BCUT2D eigenvalue weighted by Crippen LogP contribution is -2.31. The number of aliphatic hydroxyl groups excluding tert-OH is 1. The van der Waals surface area contributed by atoms with Crippen LogP contribution in [0.5, 0.6) is 0 Å². The predicted molar refractivity (Wildman–Crippen MR) is 68.1 cm³/mol. The fraction of sp³-hybridized carbons (Fsp3) is 0.286. The third-order valence-electron chi connectivity index (χ3n) is 3.19. The first-order chi connectivity index (χ1) is 8.44. The van der Waals surface area contributed by atoms with E-state index < -0.39 is 17.5 Å². The van der Waals surface area contributed by atoms with Crippen LogP contribution in [-0.4, -0.2) is 21.2 Å². The van der Waals surface area contributed by atoms with E-state index in [0.717, 1.165) is 5.39 Å². The molecule has 0 fully saturated rings. The van der Waals surface area contributed by atoms with E-state index >= 15 is 0 Å². The number of aliphatic carboxylic acids is 1. The van der Waals surface area contributed by atoms with Gasteiger partial charge in [0, 0.05) is 17.1 Å². The van der Waals surface area contributed by atoms with Gasteiger partial charge in [-0.25, -0.2) is 0 Å². The summed E-state index contributed by atoms with van der Waals surface area (Å²) in [6.07, 6.45) is 0.528. The van der Waals surface area contributed by atoms with Crippen molar-refractivity contribution in [2.24, 2.45) is 5.41 Å². The van der Waals surface area contributed by atoms with Gasteiger partial charge in [-0.05, 0) is 19.9 Å². The van der Waals surface area contributed by atoms with Crippen molar-refractivity contribution in [2.45, 2.75) is 20.0 Å². The van der Waals surface area contributed by atoms with Gasteiger partial charge in [-0.3, -0.25) is 9.78 Å². The van der Waals surface area contributed by atoms with Gasteiger partial charge in [0.1, 0.15) is 0 Å². The minimum Gasteiger partial charge on any atom is -0.481 e. The third-order valence-corrected chi connectivity index (χ3v) is 3.19. The summed E-state index contributed by atoms with van der Waals surface area (Å²) in [4.78, 5) is 15.4. The van der Waals surface area contributed by atoms with E-state index in [1.807, 2.05) is 12.1 Å². The molecule has 0 saturated heterocycles. The Bertz CT molecular complexity index is 587. The molecule has 0 aliphatic carbocycles. The molecular weight excluding hydrogens is 230 g/mol. The Kier molecular flexibility index (Phi) is 3.05. The second kappa shape index (κ2) is 4.38. The van der Waals surface area contributed by atoms with Crippen LogP contribution in [0.3, 0.4) is 0 Å². The molecular formula is C14H15NO3. The first kappa shape index (κ1) is 12.5. The van der Waals surface area contributed by atoms with Crippen molar-refractivity contribution in [3.05, 3.63) is 42.1 Å². The molecule has 1 aromatic carbocycles. The lowest BCUT2D eigenvalue weighted by molar-refractivity contribution is -0.153. The summed E-state index contributed by atoms with van der Waals surface area (Å²) in [6.45, 7) is 3.00. The highest BCUT2D eigenvalue weighted by Crippen LogP contribution is 2.36. The standard InChI is InChI=1S/C14H15NO3/c1-14(2,13(17)18)12(16)10-7-3-5-9-6-4-8-15-11(9)10/h3-8,12,16H,1-2H3,(H,17,18). The summed E-state index contributed by atoms with van der Waals surface area (Å²) in [5, 5.41) is 20.3. The monoisotopic (exact) mass is 245 g/mol. The molecule has 0 saturated carbocycles. The fourth-order valence-electron chi connectivity index (χ4n) is 1.85. The summed E-state index contributed by atoms with van der Waals surface area (Å²) in [5.74, 6) is -1.04. The lowest BCUT2D eigenvalue weighted by Gasteiger charge is -2.26. The summed E-state index contributed by atoms with van der Waals surface area (Å²) in [7, 11) is 0. The molecule has 2 N–H and O–H groups in total. The van der Waals surface area contributed by atoms with Gasteiger partial charge in [-0.15, -0.1) is 0 Å². The number of hydrogen-bond acceptors (Lipinski definition) is 3. The molecule has 18 heavy (non-hydrogen) atoms. The van der Waals surface area contributed by atoms with E-state index in [1.54, 1.807) is 24.4 Å². The van der Waals surface area contributed by atoms with Gasteiger partial charge in [-0.1, -0.05) is 24.3 Å². The molecule has 0 radical (unpaired) electrons. The Labute approximate surface area is 105 Å². The summed E-state index contributed by atoms with van der Waals surface area (Å²) in [6, 6.07) is 9.07. The molecule has 4 nitrogen and oxygen atoms in total. The molecule has 0 aliphatic rings. The average molecular weight is 245 g/mol. The number of benzene rings is 1. The number of fused-ring (bicyclic) bond motifs is 1. The summed E-state index contributed by atoms with van der Waals surface area (Å²) < 4.78 is 0. The van der Waals surface area contributed by atoms with E-state index in [-0.39, 0.29) is 0 Å². The zero-order chi connectivity index (χ0) is 13.3. The number of pyridine rings is 1. The molecule has 94 valence electrons. The zero-order valence-electron chi connectivity index (χ0n) is 10.3. The van der Waals surface area contributed by atoms with Gasteiger partial charge in [-0.2, -0.15) is 0 Å². The predicted octanol–water partition coefficient (Wildman–Crippen LogP) is 2.38. The van der Waals surface area contributed by atoms with Gasteiger partial charge in [0.05, 0.1) is 17.0 Å². The molecule has 0 aliphatic heterocycles. The molecule has 0 bridgehead atoms. The second-order valence-corrected chi connectivity index (χ2v) is 4.85. The summed E-state index contributed by atoms with van der Waals surface area (Å²) >= 11 is 0. The average Bonchev–Trinajstić information content (AvgIpc) is 2.37. The van der Waals surface area contributed by atoms with Gasteiger partial charge < -0.3 is 10.2 Å². The van der Waals surface area contributed by atoms with E-state index in [1.165, 1.54) is 13.8 Å². The maximum atomic E-state index is 11.2. The number of rotatable bonds is 3. The van der Waals surface area contributed by atoms with Crippen LogP contribution >= 0.6 is 0 Å². The number of nitrogens with zero attached hydrogens (tertiary/aromatic N) is 1. The Balaban J connectivity index is 2.58. The molecule has 1 atom stereocenters. The quantitative estimate of drug-likeness (QED) is 0.871. The Morgan fingerprint density at radius 2 is 1.94 bits per heavy atom. The molecule has 1 unspecified atom stereocenters. The highest BCUT2D eigenvalue weighted by molar-refractivity contribution is 5.83. The van der Waals surface area contributed by atoms with Gasteiger partial charge in [0.2, 0.25) is 0 Å². The number of aromatic nitrogens is 1. The highest BCUT2D eigenvalue weighted by atomic mass is 16.4. The van der Waals surface area contributed by atoms with Crippen LogP contribution in [-0.2, 0) is 4.79 Å². The number of carboxylic acids is 1. The van der Waals surface area contributed by atoms with Crippen molar-refractivity contribution in [3.8, 4) is 0 Å². The number of carboxylic acid groups (broad SMARTS) is 1. The van der Waals surface area contributed by atoms with Crippen LogP contribution in [0.25, 0.3) is 10.9 Å². The van der Waals surface area contributed by atoms with Gasteiger partial charge in [0.15, 0.2) is 0 Å². The molecule has 0 spiro atoms. The smallest absolute Gasteiger partial charge is 0.312 e. The Morgan fingerprint density at radius 1 is 1.28 bits per heavy atom. The fourth-order valence-corrected chi connectivity index (χ4v) is 1.85. The Hall–Kier alpha value is -1.94. The maximum Gasteiger partial charge on any atom is 0.312 e. The van der Waals surface area contributed by atoms with Crippen molar-refractivity contribution in [1.29, 1.82) is 0 Å². The number of para-hydroxylation sites is 1. The molecule has 0 amide bonds. The van der Waals surface area contributed by atoms with Crippen molar-refractivity contribution in [1.82, 2.24) is 4.98 Å². The van der Waals surface area contributed by atoms with Crippen molar-refractivity contribution < 1.29 is 15.0 Å². The van der Waals surface area contributed by atoms with E-state index in [9.17, 15) is 9.90 Å². The SMILES string of the molecule is CC(C)(C(=O)O)C(O)c1cccc2cccnc12. The second-order valence-electron chi connectivity index (χ2n) is 4.85. The number of aliphatic hydroxyl groups is 1. The largest absolute Gasteiger partial charge is 0.481 e. The molecule has 1 aromatic heterocycles. The van der Waals surface area contributed by atoms with Crippen molar-refractivity contribution >= 4 is 16.9 Å². The van der Waals surface area contributed by atoms with E-state index in [4.69, 9.17) is 5.11 Å². The topological polar surface area (TPSA) is 70.4 Å². The van der Waals surface area contributed by atoms with E-state index in [2.05, 4.69) is 4.98 Å². The van der Waals surface area contributed by atoms with Crippen molar-refractivity contribution in [2.75, 3.05) is 0 Å². The van der Waals surface area contributed by atoms with Crippen LogP contribution in [0.4, 0.5) is 0 Å². The molecule has 2 rings (SSSR count). The highest BCUT2D eigenvalue weighted by Gasteiger charge is 2.37. The van der Waals surface area contributed by atoms with Crippen molar-refractivity contribution in [3.63, 3.8) is 0 Å². The van der Waals surface area contributed by atoms with Crippen LogP contribution < -0.4 is 0 Å². The van der Waals surface area contributed by atoms with Crippen LogP contribution in [0.1, 0.15) is 25.5 Å². The first-order valence-electron chi connectivity index (χ1n) is 5.69. The summed E-state index contributed by atoms with van der Waals surface area (Å²) in [5.41, 5.74) is -0.0754. The van der Waals surface area contributed by atoms with Gasteiger partial charge in [0.25, 0.3) is 0 Å². The molecule has 2 aromatic rings. The number of carbonyl (C=O) groups is 1. The maximum absolute atomic E-state index is 11.2. The first-order valence-corrected chi connectivity index (χ1v) is 5.69. The molecule has 4 heteroatoms. The lowest BCUT2D eigenvalue weighted by atomic mass is 9.82. The van der Waals surface area contributed by atoms with Crippen LogP contribution in [0.2, 0.25) is 0 Å². The minimum atomic E-state index is -1.26. The number of hydrogen-bond donors (Lipinski definition) is 2. The third kappa shape index (κ3) is 1.95. The molecule has 1 heterocycles. The Morgan fingerprint density at radius 3 is 2.61 bits per heavy atom. The van der Waals surface area contributed by atoms with E-state index in [0.29, 0.717) is 11.1 Å². The normalized spacial score (nSPS) is 13.5. The zero-order valence-corrected chi connectivity index (χ0v) is 10.3. The minimum absolute atomic E-state index is 0.542. The van der Waals surface area contributed by atoms with Crippen LogP contribution in [0.15, 0.2) is 36.5 Å². The van der Waals surface area contributed by atoms with Gasteiger partial charge >= 0.3 is 5.97 Å². The van der Waals surface area contributed by atoms with Crippen LogP contribution in [0, 0.1) is 5.41 Å².